The number of nitrogens with two attached hydrogens (primary N) is 1. The monoisotopic (exact) mass is 222 g/mol. The molecular formula is C9H10N4OS. The molecule has 0 radical (unpaired) electrons. The molecule has 0 aliphatic rings. The fraction of sp³-hybridized carbons (Fsp3) is 0.111. The Balaban J connectivity index is 1.98. The van der Waals surface area contributed by atoms with Crippen molar-refractivity contribution >= 4 is 17.6 Å². The number of anilines is 1. The van der Waals surface area contributed by atoms with Gasteiger partial charge in [0.15, 0.2) is 0 Å². The molecule has 2 rings (SSSR count). The van der Waals surface area contributed by atoms with Gasteiger partial charge in [0, 0.05) is 5.75 Å². The Morgan fingerprint density at radius 1 is 1.47 bits per heavy atom. The first kappa shape index (κ1) is 10.0. The van der Waals surface area contributed by atoms with Gasteiger partial charge in [-0.1, -0.05) is 17.8 Å². The molecule has 0 fully saturated rings. The molecule has 3 N–H and O–H groups in total. The van der Waals surface area contributed by atoms with Crippen molar-refractivity contribution in [1.82, 2.24) is 9.97 Å². The van der Waals surface area contributed by atoms with Crippen LogP contribution in [0.5, 0.6) is 0 Å². The smallest absolute Gasteiger partial charge is 0.255 e. The standard InChI is InChI=1S/C9H10N4OS/c10-13-8-3-1-2-7(12-8)6-15-9-11-4-5-14-9/h1-5H,6,10H2,(H,12,13). The van der Waals surface area contributed by atoms with Crippen LogP contribution in [-0.2, 0) is 5.75 Å². The van der Waals surface area contributed by atoms with Crippen LogP contribution in [0.1, 0.15) is 5.69 Å². The summed E-state index contributed by atoms with van der Waals surface area (Å²) >= 11 is 1.49. The first-order valence-electron chi connectivity index (χ1n) is 4.33. The highest BCUT2D eigenvalue weighted by Gasteiger charge is 2.01. The summed E-state index contributed by atoms with van der Waals surface area (Å²) in [7, 11) is 0. The summed E-state index contributed by atoms with van der Waals surface area (Å²) in [5.41, 5.74) is 3.43. The fourth-order valence-corrected chi connectivity index (χ4v) is 1.75. The number of nitrogens with zero attached hydrogens (tertiary/aromatic N) is 2. The second kappa shape index (κ2) is 4.81. The molecule has 0 atom stereocenters. The van der Waals surface area contributed by atoms with Crippen LogP contribution in [-0.4, -0.2) is 9.97 Å². The van der Waals surface area contributed by atoms with Crippen molar-refractivity contribution in [2.24, 2.45) is 5.84 Å². The lowest BCUT2D eigenvalue weighted by molar-refractivity contribution is 0.454. The number of nitrogen functional groups attached to an aromatic ring is 1. The van der Waals surface area contributed by atoms with Gasteiger partial charge in [-0.15, -0.1) is 0 Å². The second-order valence-electron chi connectivity index (χ2n) is 2.75. The van der Waals surface area contributed by atoms with Crippen molar-refractivity contribution in [3.63, 3.8) is 0 Å². The third-order valence-corrected chi connectivity index (χ3v) is 2.60. The minimum atomic E-state index is 0.642. The van der Waals surface area contributed by atoms with E-state index in [9.17, 15) is 0 Å². The molecule has 6 heteroatoms. The molecule has 2 heterocycles. The van der Waals surface area contributed by atoms with Gasteiger partial charge in [0.2, 0.25) is 0 Å². The summed E-state index contributed by atoms with van der Waals surface area (Å²) in [5.74, 6) is 6.62. The van der Waals surface area contributed by atoms with Crippen LogP contribution in [0.4, 0.5) is 5.82 Å². The van der Waals surface area contributed by atoms with Crippen LogP contribution in [0, 0.1) is 0 Å². The maximum atomic E-state index is 5.26. The molecule has 2 aromatic rings. The van der Waals surface area contributed by atoms with Crippen LogP contribution in [0.25, 0.3) is 0 Å². The SMILES string of the molecule is NNc1cccc(CSc2ncco2)n1. The molecule has 0 saturated carbocycles. The van der Waals surface area contributed by atoms with Crippen LogP contribution < -0.4 is 11.3 Å². The third-order valence-electron chi connectivity index (χ3n) is 1.71. The Labute approximate surface area is 91.1 Å². The zero-order valence-corrected chi connectivity index (χ0v) is 8.70. The fourth-order valence-electron chi connectivity index (χ4n) is 1.06. The Hall–Kier alpha value is -1.53. The number of rotatable bonds is 4. The first-order chi connectivity index (χ1) is 7.38. The highest BCUT2D eigenvalue weighted by Crippen LogP contribution is 2.20. The zero-order valence-electron chi connectivity index (χ0n) is 7.88. The number of oxazole rings is 1. The number of aromatic nitrogens is 2. The molecule has 0 saturated heterocycles. The average Bonchev–Trinajstić information content (AvgIpc) is 2.79. The van der Waals surface area contributed by atoms with Crippen LogP contribution in [0.2, 0.25) is 0 Å². The van der Waals surface area contributed by atoms with Gasteiger partial charge in [0.25, 0.3) is 5.22 Å². The predicted octanol–water partition coefficient (Wildman–Crippen LogP) is 1.65. The summed E-state index contributed by atoms with van der Waals surface area (Å²) in [5, 5.41) is 0.642. The largest absolute Gasteiger partial charge is 0.440 e. The number of thioether (sulfide) groups is 1. The van der Waals surface area contributed by atoms with Crippen molar-refractivity contribution in [2.45, 2.75) is 11.0 Å². The van der Waals surface area contributed by atoms with Gasteiger partial charge >= 0.3 is 0 Å². The summed E-state index contributed by atoms with van der Waals surface area (Å²) in [4.78, 5) is 8.27. The van der Waals surface area contributed by atoms with E-state index in [1.165, 1.54) is 11.8 Å². The first-order valence-corrected chi connectivity index (χ1v) is 5.32. The maximum Gasteiger partial charge on any atom is 0.255 e. The summed E-state index contributed by atoms with van der Waals surface area (Å²) in [6.45, 7) is 0. The maximum absolute atomic E-state index is 5.26. The molecule has 0 aromatic carbocycles. The van der Waals surface area contributed by atoms with Crippen LogP contribution in [0.3, 0.4) is 0 Å². The highest BCUT2D eigenvalue weighted by atomic mass is 32.2. The molecule has 0 aliphatic carbocycles. The third kappa shape index (κ3) is 2.71. The van der Waals surface area contributed by atoms with Crippen LogP contribution in [0.15, 0.2) is 40.3 Å². The minimum absolute atomic E-state index is 0.642. The molecule has 2 aromatic heterocycles. The van der Waals surface area contributed by atoms with E-state index in [1.54, 1.807) is 18.5 Å². The van der Waals surface area contributed by atoms with Gasteiger partial charge in [0.05, 0.1) is 11.9 Å². The normalized spacial score (nSPS) is 10.2. The van der Waals surface area contributed by atoms with Crippen molar-refractivity contribution < 1.29 is 4.42 Å². The molecule has 5 nitrogen and oxygen atoms in total. The van der Waals surface area contributed by atoms with Gasteiger partial charge in [-0.3, -0.25) is 0 Å². The van der Waals surface area contributed by atoms with Crippen LogP contribution >= 0.6 is 11.8 Å². The summed E-state index contributed by atoms with van der Waals surface area (Å²) in [6, 6.07) is 5.63. The van der Waals surface area contributed by atoms with Gasteiger partial charge in [0.1, 0.15) is 12.1 Å². The quantitative estimate of drug-likeness (QED) is 0.465. The Morgan fingerprint density at radius 2 is 2.40 bits per heavy atom. The molecule has 78 valence electrons. The molecular weight excluding hydrogens is 212 g/mol. The zero-order chi connectivity index (χ0) is 10.5. The van der Waals surface area contributed by atoms with Gasteiger partial charge in [-0.05, 0) is 12.1 Å². The highest BCUT2D eigenvalue weighted by molar-refractivity contribution is 7.98. The van der Waals surface area contributed by atoms with Gasteiger partial charge < -0.3 is 9.84 Å². The Bertz CT molecular complexity index is 418. The van der Waals surface area contributed by atoms with Crippen molar-refractivity contribution in [1.29, 1.82) is 0 Å². The van der Waals surface area contributed by atoms with E-state index in [1.807, 2.05) is 12.1 Å². The van der Waals surface area contributed by atoms with Crippen molar-refractivity contribution in [3.05, 3.63) is 36.4 Å². The van der Waals surface area contributed by atoms with E-state index in [2.05, 4.69) is 15.4 Å². The summed E-state index contributed by atoms with van der Waals surface area (Å²) < 4.78 is 5.10. The van der Waals surface area contributed by atoms with E-state index >= 15 is 0 Å². The van der Waals surface area contributed by atoms with Gasteiger partial charge in [-0.2, -0.15) is 0 Å². The number of pyridine rings is 1. The molecule has 15 heavy (non-hydrogen) atoms. The average molecular weight is 222 g/mol. The summed E-state index contributed by atoms with van der Waals surface area (Å²) in [6.07, 6.45) is 3.17. The Kier molecular flexibility index (Phi) is 3.21. The lowest BCUT2D eigenvalue weighted by Gasteiger charge is -2.01. The van der Waals surface area contributed by atoms with E-state index in [4.69, 9.17) is 10.3 Å². The van der Waals surface area contributed by atoms with E-state index in [-0.39, 0.29) is 0 Å². The Morgan fingerprint density at radius 3 is 3.13 bits per heavy atom. The molecule has 0 amide bonds. The van der Waals surface area contributed by atoms with Gasteiger partial charge in [-0.25, -0.2) is 15.8 Å². The number of nitrogens with one attached hydrogen (secondary N) is 1. The van der Waals surface area contributed by atoms with E-state index < -0.39 is 0 Å². The van der Waals surface area contributed by atoms with Crippen molar-refractivity contribution in [3.8, 4) is 0 Å². The number of hydrogen-bond acceptors (Lipinski definition) is 6. The molecule has 0 unspecified atom stereocenters. The van der Waals surface area contributed by atoms with E-state index in [0.717, 1.165) is 5.69 Å². The second-order valence-corrected chi connectivity index (χ2v) is 3.67. The number of hydrogen-bond donors (Lipinski definition) is 2. The minimum Gasteiger partial charge on any atom is -0.440 e. The number of hydrazine groups is 1. The molecule has 0 aliphatic heterocycles. The molecule has 0 spiro atoms. The van der Waals surface area contributed by atoms with Crippen molar-refractivity contribution in [2.75, 3.05) is 5.43 Å². The van der Waals surface area contributed by atoms with E-state index in [0.29, 0.717) is 16.8 Å². The topological polar surface area (TPSA) is 77.0 Å². The molecule has 0 bridgehead atoms. The predicted molar refractivity (Wildman–Crippen MR) is 58.1 cm³/mol. The lowest BCUT2D eigenvalue weighted by Crippen LogP contribution is -2.08. The lowest BCUT2D eigenvalue weighted by atomic mass is 10.4.